The Hall–Kier alpha value is -1.71. The molecule has 1 aliphatic heterocycles. The SMILES string of the molecule is CC(C)c1ccc(C(NC2CCN(C3CC3)C2)c2cccnc2)cc1. The molecule has 2 atom stereocenters. The fourth-order valence-electron chi connectivity index (χ4n) is 3.94. The second kappa shape index (κ2) is 7.27. The van der Waals surface area contributed by atoms with Crippen molar-refractivity contribution in [2.75, 3.05) is 13.1 Å². The van der Waals surface area contributed by atoms with Crippen molar-refractivity contribution >= 4 is 0 Å². The van der Waals surface area contributed by atoms with Crippen molar-refractivity contribution in [1.29, 1.82) is 0 Å². The summed E-state index contributed by atoms with van der Waals surface area (Å²) in [5.74, 6) is 0.570. The van der Waals surface area contributed by atoms with Crippen LogP contribution in [-0.4, -0.2) is 35.1 Å². The number of pyridine rings is 1. The average molecular weight is 335 g/mol. The van der Waals surface area contributed by atoms with Crippen LogP contribution >= 0.6 is 0 Å². The lowest BCUT2D eigenvalue weighted by Gasteiger charge is -2.24. The van der Waals surface area contributed by atoms with Gasteiger partial charge in [-0.15, -0.1) is 0 Å². The predicted molar refractivity (Wildman–Crippen MR) is 103 cm³/mol. The summed E-state index contributed by atoms with van der Waals surface area (Å²) >= 11 is 0. The monoisotopic (exact) mass is 335 g/mol. The van der Waals surface area contributed by atoms with E-state index in [2.05, 4.69) is 59.4 Å². The molecule has 1 aliphatic carbocycles. The van der Waals surface area contributed by atoms with Gasteiger partial charge < -0.3 is 5.32 Å². The van der Waals surface area contributed by atoms with Crippen molar-refractivity contribution in [1.82, 2.24) is 15.2 Å². The lowest BCUT2D eigenvalue weighted by atomic mass is 9.95. The molecule has 1 aromatic heterocycles. The summed E-state index contributed by atoms with van der Waals surface area (Å²) < 4.78 is 0. The first-order valence-electron chi connectivity index (χ1n) is 9.70. The molecular weight excluding hydrogens is 306 g/mol. The van der Waals surface area contributed by atoms with Gasteiger partial charge in [-0.25, -0.2) is 0 Å². The first-order chi connectivity index (χ1) is 12.2. The van der Waals surface area contributed by atoms with E-state index in [9.17, 15) is 0 Å². The van der Waals surface area contributed by atoms with Gasteiger partial charge >= 0.3 is 0 Å². The largest absolute Gasteiger partial charge is 0.302 e. The molecule has 25 heavy (non-hydrogen) atoms. The number of rotatable bonds is 6. The maximum Gasteiger partial charge on any atom is 0.0594 e. The maximum absolute atomic E-state index is 4.35. The highest BCUT2D eigenvalue weighted by Crippen LogP contribution is 2.31. The van der Waals surface area contributed by atoms with E-state index in [1.54, 1.807) is 0 Å². The summed E-state index contributed by atoms with van der Waals surface area (Å²) in [4.78, 5) is 7.02. The molecule has 0 radical (unpaired) electrons. The second-order valence-electron chi connectivity index (χ2n) is 7.92. The summed E-state index contributed by atoms with van der Waals surface area (Å²) in [6.07, 6.45) is 7.90. The summed E-state index contributed by atoms with van der Waals surface area (Å²) in [5, 5.41) is 3.93. The Morgan fingerprint density at radius 2 is 1.76 bits per heavy atom. The zero-order valence-corrected chi connectivity index (χ0v) is 15.4. The molecule has 0 bridgehead atoms. The quantitative estimate of drug-likeness (QED) is 0.861. The Balaban J connectivity index is 1.54. The van der Waals surface area contributed by atoms with E-state index < -0.39 is 0 Å². The zero-order valence-electron chi connectivity index (χ0n) is 15.4. The predicted octanol–water partition coefficient (Wildman–Crippen LogP) is 4.12. The molecular formula is C22H29N3. The maximum atomic E-state index is 4.35. The van der Waals surface area contributed by atoms with Crippen molar-refractivity contribution in [2.24, 2.45) is 0 Å². The summed E-state index contributed by atoms with van der Waals surface area (Å²) in [7, 11) is 0. The van der Waals surface area contributed by atoms with Gasteiger partial charge in [0.15, 0.2) is 0 Å². The molecule has 3 heteroatoms. The molecule has 1 N–H and O–H groups in total. The lowest BCUT2D eigenvalue weighted by molar-refractivity contribution is 0.315. The number of aromatic nitrogens is 1. The zero-order chi connectivity index (χ0) is 17.2. The van der Waals surface area contributed by atoms with Crippen LogP contribution in [0.2, 0.25) is 0 Å². The highest BCUT2D eigenvalue weighted by atomic mass is 15.2. The summed E-state index contributed by atoms with van der Waals surface area (Å²) in [6.45, 7) is 6.92. The Bertz CT molecular complexity index is 676. The number of likely N-dealkylation sites (tertiary alicyclic amines) is 1. The van der Waals surface area contributed by atoms with E-state index in [0.717, 1.165) is 6.04 Å². The molecule has 2 fully saturated rings. The number of hydrogen-bond acceptors (Lipinski definition) is 3. The van der Waals surface area contributed by atoms with E-state index in [4.69, 9.17) is 0 Å². The van der Waals surface area contributed by atoms with Crippen molar-refractivity contribution in [3.63, 3.8) is 0 Å². The van der Waals surface area contributed by atoms with E-state index in [-0.39, 0.29) is 6.04 Å². The van der Waals surface area contributed by atoms with Crippen molar-refractivity contribution in [2.45, 2.75) is 57.2 Å². The number of benzene rings is 1. The summed E-state index contributed by atoms with van der Waals surface area (Å²) in [5.41, 5.74) is 3.99. The fourth-order valence-corrected chi connectivity index (χ4v) is 3.94. The molecule has 1 aromatic carbocycles. The number of nitrogens with zero attached hydrogens (tertiary/aromatic N) is 2. The normalized spacial score (nSPS) is 22.4. The van der Waals surface area contributed by atoms with E-state index in [1.807, 2.05) is 18.5 Å². The molecule has 3 nitrogen and oxygen atoms in total. The van der Waals surface area contributed by atoms with Gasteiger partial charge in [-0.05, 0) is 47.9 Å². The van der Waals surface area contributed by atoms with Gasteiger partial charge in [-0.2, -0.15) is 0 Å². The smallest absolute Gasteiger partial charge is 0.0594 e. The van der Waals surface area contributed by atoms with E-state index in [0.29, 0.717) is 12.0 Å². The standard InChI is InChI=1S/C22H29N3/c1-16(2)17-5-7-18(8-6-17)22(19-4-3-12-23-14-19)24-20-11-13-25(15-20)21-9-10-21/h3-8,12,14,16,20-22,24H,9-11,13,15H2,1-2H3. The molecule has 1 saturated carbocycles. The fraction of sp³-hybridized carbons (Fsp3) is 0.500. The number of nitrogens with one attached hydrogen (secondary N) is 1. The Morgan fingerprint density at radius 3 is 2.40 bits per heavy atom. The first-order valence-corrected chi connectivity index (χ1v) is 9.70. The molecule has 0 spiro atoms. The molecule has 2 aromatic rings. The van der Waals surface area contributed by atoms with Gasteiger partial charge in [0.05, 0.1) is 6.04 Å². The molecule has 2 heterocycles. The minimum absolute atomic E-state index is 0.221. The molecule has 2 aliphatic rings. The number of hydrogen-bond donors (Lipinski definition) is 1. The first kappa shape index (κ1) is 16.7. The van der Waals surface area contributed by atoms with E-state index in [1.165, 1.54) is 49.0 Å². The van der Waals surface area contributed by atoms with Gasteiger partial charge in [0, 0.05) is 37.6 Å². The van der Waals surface area contributed by atoms with Crippen LogP contribution in [-0.2, 0) is 0 Å². The lowest BCUT2D eigenvalue weighted by Crippen LogP contribution is -2.36. The third-order valence-electron chi connectivity index (χ3n) is 5.64. The van der Waals surface area contributed by atoms with Crippen LogP contribution < -0.4 is 5.32 Å². The third kappa shape index (κ3) is 3.94. The molecule has 2 unspecified atom stereocenters. The molecule has 4 rings (SSSR count). The average Bonchev–Trinajstić information content (AvgIpc) is 3.39. The van der Waals surface area contributed by atoms with Gasteiger partial charge in [-0.3, -0.25) is 9.88 Å². The third-order valence-corrected chi connectivity index (χ3v) is 5.64. The van der Waals surface area contributed by atoms with Crippen LogP contribution in [0.3, 0.4) is 0 Å². The Kier molecular flexibility index (Phi) is 4.87. The van der Waals surface area contributed by atoms with Gasteiger partial charge in [0.2, 0.25) is 0 Å². The van der Waals surface area contributed by atoms with Crippen LogP contribution in [0.4, 0.5) is 0 Å². The van der Waals surface area contributed by atoms with Gasteiger partial charge in [0.1, 0.15) is 0 Å². The Labute approximate surface area is 151 Å². The van der Waals surface area contributed by atoms with Crippen LogP contribution in [0.1, 0.15) is 61.8 Å². The van der Waals surface area contributed by atoms with Crippen LogP contribution in [0, 0.1) is 0 Å². The Morgan fingerprint density at radius 1 is 1.00 bits per heavy atom. The highest BCUT2D eigenvalue weighted by Gasteiger charge is 2.35. The summed E-state index contributed by atoms with van der Waals surface area (Å²) in [6, 6.07) is 15.0. The van der Waals surface area contributed by atoms with Crippen molar-refractivity contribution < 1.29 is 0 Å². The van der Waals surface area contributed by atoms with Crippen LogP contribution in [0.25, 0.3) is 0 Å². The minimum Gasteiger partial charge on any atom is -0.302 e. The molecule has 132 valence electrons. The van der Waals surface area contributed by atoms with Gasteiger partial charge in [0.25, 0.3) is 0 Å². The van der Waals surface area contributed by atoms with Gasteiger partial charge in [-0.1, -0.05) is 44.2 Å². The van der Waals surface area contributed by atoms with Crippen LogP contribution in [0.5, 0.6) is 0 Å². The van der Waals surface area contributed by atoms with E-state index >= 15 is 0 Å². The van der Waals surface area contributed by atoms with Crippen LogP contribution in [0.15, 0.2) is 48.8 Å². The highest BCUT2D eigenvalue weighted by molar-refractivity contribution is 5.33. The molecule has 0 amide bonds. The minimum atomic E-state index is 0.221. The topological polar surface area (TPSA) is 28.2 Å². The van der Waals surface area contributed by atoms with Crippen molar-refractivity contribution in [3.8, 4) is 0 Å². The second-order valence-corrected chi connectivity index (χ2v) is 7.92. The van der Waals surface area contributed by atoms with Crippen molar-refractivity contribution in [3.05, 3.63) is 65.5 Å². The molecule has 1 saturated heterocycles.